The van der Waals surface area contributed by atoms with E-state index in [0.717, 1.165) is 76.3 Å². The number of ether oxygens (including phenoxy) is 1. The van der Waals surface area contributed by atoms with Crippen LogP contribution in [0.5, 0.6) is 5.75 Å². The van der Waals surface area contributed by atoms with Crippen LogP contribution in [-0.4, -0.2) is 20.2 Å². The Morgan fingerprint density at radius 2 is 1.14 bits per heavy atom. The summed E-state index contributed by atoms with van der Waals surface area (Å²) in [6, 6.07) is 52.8. The Labute approximate surface area is 292 Å². The molecule has 0 N–H and O–H groups in total. The molecule has 8 aromatic rings. The molecule has 0 unspecified atom stereocenters. The van der Waals surface area contributed by atoms with E-state index in [-0.39, 0.29) is 0 Å². The van der Waals surface area contributed by atoms with Gasteiger partial charge in [-0.05, 0) is 109 Å². The molecular formula is C47H36N2O. The lowest BCUT2D eigenvalue weighted by molar-refractivity contribution is 0.415. The van der Waals surface area contributed by atoms with E-state index < -0.39 is 0 Å². The van der Waals surface area contributed by atoms with Crippen molar-refractivity contribution in [2.24, 2.45) is 0 Å². The van der Waals surface area contributed by atoms with Crippen molar-refractivity contribution in [1.29, 1.82) is 5.26 Å². The molecule has 0 spiro atoms. The van der Waals surface area contributed by atoms with Crippen LogP contribution in [0.4, 0.5) is 5.69 Å². The Hall–Kier alpha value is -6.11. The largest absolute Gasteiger partial charge is 0.497 e. The molecule has 1 heterocycles. The summed E-state index contributed by atoms with van der Waals surface area (Å²) in [6.07, 6.45) is 3.47. The maximum absolute atomic E-state index is 11.1. The smallest absolute Gasteiger partial charge is 0.118 e. The predicted octanol–water partition coefficient (Wildman–Crippen LogP) is 12.1. The molecule has 1 aliphatic heterocycles. The van der Waals surface area contributed by atoms with Gasteiger partial charge in [-0.15, -0.1) is 0 Å². The zero-order valence-electron chi connectivity index (χ0n) is 28.1. The number of nitrogens with zero attached hydrogens (tertiary/aromatic N) is 2. The first-order valence-electron chi connectivity index (χ1n) is 17.5. The number of piperidine rings is 1. The first-order valence-corrected chi connectivity index (χ1v) is 17.5. The van der Waals surface area contributed by atoms with E-state index >= 15 is 0 Å². The van der Waals surface area contributed by atoms with Crippen LogP contribution in [0.25, 0.3) is 76.8 Å². The second kappa shape index (κ2) is 12.4. The van der Waals surface area contributed by atoms with Crippen molar-refractivity contribution in [2.45, 2.75) is 19.3 Å². The third-order valence-electron chi connectivity index (χ3n) is 10.6. The fourth-order valence-corrected chi connectivity index (χ4v) is 8.15. The van der Waals surface area contributed by atoms with Crippen molar-refractivity contribution in [1.82, 2.24) is 0 Å². The van der Waals surface area contributed by atoms with Crippen molar-refractivity contribution >= 4 is 38.0 Å². The van der Waals surface area contributed by atoms with Gasteiger partial charge in [0.05, 0.1) is 18.4 Å². The number of hydrogen-bond acceptors (Lipinski definition) is 3. The first kappa shape index (κ1) is 30.0. The van der Waals surface area contributed by atoms with Crippen molar-refractivity contribution in [3.63, 3.8) is 0 Å². The third-order valence-corrected chi connectivity index (χ3v) is 10.6. The highest BCUT2D eigenvalue weighted by molar-refractivity contribution is 6.26. The molecule has 0 aromatic heterocycles. The van der Waals surface area contributed by atoms with E-state index in [1.165, 1.54) is 49.9 Å². The van der Waals surface area contributed by atoms with Gasteiger partial charge in [-0.1, -0.05) is 121 Å². The summed E-state index contributed by atoms with van der Waals surface area (Å²) >= 11 is 0. The monoisotopic (exact) mass is 644 g/mol. The van der Waals surface area contributed by atoms with Gasteiger partial charge in [0.25, 0.3) is 0 Å². The molecule has 0 saturated carbocycles. The molecule has 9 rings (SSSR count). The quantitative estimate of drug-likeness (QED) is 0.169. The van der Waals surface area contributed by atoms with Crippen LogP contribution in [0.2, 0.25) is 0 Å². The maximum atomic E-state index is 11.1. The Kier molecular flexibility index (Phi) is 7.44. The number of benzene rings is 8. The minimum Gasteiger partial charge on any atom is -0.497 e. The minimum absolute atomic E-state index is 0.723. The highest BCUT2D eigenvalue weighted by Gasteiger charge is 2.26. The summed E-state index contributed by atoms with van der Waals surface area (Å²) in [7, 11) is 1.69. The Morgan fingerprint density at radius 1 is 0.540 bits per heavy atom. The Balaban J connectivity index is 1.39. The average molecular weight is 645 g/mol. The Bertz CT molecular complexity index is 2520. The van der Waals surface area contributed by atoms with Gasteiger partial charge in [0.15, 0.2) is 0 Å². The molecule has 1 saturated heterocycles. The fraction of sp³-hybridized carbons (Fsp3) is 0.128. The topological polar surface area (TPSA) is 36.3 Å². The molecule has 3 heteroatoms. The number of nitriles is 1. The summed E-state index contributed by atoms with van der Waals surface area (Å²) in [4.78, 5) is 2.44. The van der Waals surface area contributed by atoms with Crippen molar-refractivity contribution < 1.29 is 4.74 Å². The van der Waals surface area contributed by atoms with E-state index in [2.05, 4.69) is 138 Å². The van der Waals surface area contributed by atoms with Crippen LogP contribution >= 0.6 is 0 Å². The standard InChI is InChI=1S/C47H36N2O/c1-50-38-23-19-37(20-24-38)47-42(30-48)43(49-27-6-3-7-28-49)29-41(46(47)35-15-13-32(14-16-35)31-9-4-2-5-10-31)39-25-21-36-18-17-33-11-8-12-34-22-26-40(39)45(36)44(33)34/h2,4-5,8-26,29H,3,6-7,27-28H2,1H3. The lowest BCUT2D eigenvalue weighted by atomic mass is 9.81. The van der Waals surface area contributed by atoms with Crippen LogP contribution in [0.1, 0.15) is 24.8 Å². The molecule has 1 aliphatic rings. The highest BCUT2D eigenvalue weighted by Crippen LogP contribution is 2.49. The molecule has 8 aromatic carbocycles. The molecular weight excluding hydrogens is 609 g/mol. The molecule has 50 heavy (non-hydrogen) atoms. The number of rotatable bonds is 6. The van der Waals surface area contributed by atoms with Crippen molar-refractivity contribution in [3.8, 4) is 56.3 Å². The summed E-state index contributed by atoms with van der Waals surface area (Å²) in [5.74, 6) is 0.792. The molecule has 1 fully saturated rings. The normalized spacial score (nSPS) is 13.2. The second-order valence-electron chi connectivity index (χ2n) is 13.4. The van der Waals surface area contributed by atoms with Crippen LogP contribution < -0.4 is 9.64 Å². The van der Waals surface area contributed by atoms with E-state index in [1.54, 1.807) is 7.11 Å². The summed E-state index contributed by atoms with van der Waals surface area (Å²) in [6.45, 7) is 1.89. The Morgan fingerprint density at radius 3 is 1.84 bits per heavy atom. The molecule has 0 aliphatic carbocycles. The molecule has 0 amide bonds. The average Bonchev–Trinajstić information content (AvgIpc) is 3.20. The molecule has 0 bridgehead atoms. The SMILES string of the molecule is COc1ccc(-c2c(C#N)c(N3CCCCC3)cc(-c3ccc4ccc5cccc6ccc3c4c56)c2-c2ccc(-c3ccccc3)cc2)cc1. The van der Waals surface area contributed by atoms with Gasteiger partial charge in [0.2, 0.25) is 0 Å². The summed E-state index contributed by atoms with van der Waals surface area (Å²) in [5, 5.41) is 18.6. The second-order valence-corrected chi connectivity index (χ2v) is 13.4. The number of methoxy groups -OCH3 is 1. The van der Waals surface area contributed by atoms with Gasteiger partial charge in [-0.3, -0.25) is 0 Å². The first-order chi connectivity index (χ1) is 24.7. The summed E-state index contributed by atoms with van der Waals surface area (Å²) in [5.41, 5.74) is 10.5. The van der Waals surface area contributed by atoms with Crippen LogP contribution in [-0.2, 0) is 0 Å². The third kappa shape index (κ3) is 4.96. The van der Waals surface area contributed by atoms with E-state index in [1.807, 2.05) is 12.1 Å². The molecule has 0 radical (unpaired) electrons. The minimum atomic E-state index is 0.723. The molecule has 3 nitrogen and oxygen atoms in total. The van der Waals surface area contributed by atoms with E-state index in [0.29, 0.717) is 0 Å². The molecule has 240 valence electrons. The van der Waals surface area contributed by atoms with Crippen molar-refractivity contribution in [3.05, 3.63) is 145 Å². The van der Waals surface area contributed by atoms with Gasteiger partial charge in [-0.2, -0.15) is 5.26 Å². The lowest BCUT2D eigenvalue weighted by Crippen LogP contribution is -2.30. The van der Waals surface area contributed by atoms with Crippen LogP contribution in [0.15, 0.2) is 140 Å². The van der Waals surface area contributed by atoms with E-state index in [9.17, 15) is 5.26 Å². The van der Waals surface area contributed by atoms with Crippen molar-refractivity contribution in [2.75, 3.05) is 25.1 Å². The number of hydrogen-bond donors (Lipinski definition) is 0. The predicted molar refractivity (Wildman–Crippen MR) is 209 cm³/mol. The fourth-order valence-electron chi connectivity index (χ4n) is 8.15. The lowest BCUT2D eigenvalue weighted by Gasteiger charge is -2.32. The summed E-state index contributed by atoms with van der Waals surface area (Å²) < 4.78 is 5.57. The van der Waals surface area contributed by atoms with Gasteiger partial charge in [-0.25, -0.2) is 0 Å². The van der Waals surface area contributed by atoms with Crippen LogP contribution in [0.3, 0.4) is 0 Å². The maximum Gasteiger partial charge on any atom is 0.118 e. The van der Waals surface area contributed by atoms with Gasteiger partial charge in [0.1, 0.15) is 11.8 Å². The van der Waals surface area contributed by atoms with Crippen LogP contribution in [0, 0.1) is 11.3 Å². The van der Waals surface area contributed by atoms with Gasteiger partial charge in [0, 0.05) is 18.7 Å². The van der Waals surface area contributed by atoms with E-state index in [4.69, 9.17) is 4.74 Å². The van der Waals surface area contributed by atoms with Gasteiger partial charge < -0.3 is 9.64 Å². The zero-order chi connectivity index (χ0) is 33.6. The van der Waals surface area contributed by atoms with Gasteiger partial charge >= 0.3 is 0 Å². The zero-order valence-corrected chi connectivity index (χ0v) is 28.1. The number of anilines is 1. The molecule has 0 atom stereocenters. The highest BCUT2D eigenvalue weighted by atomic mass is 16.5.